The lowest BCUT2D eigenvalue weighted by Gasteiger charge is -2.14. The summed E-state index contributed by atoms with van der Waals surface area (Å²) < 4.78 is 12.0. The smallest absolute Gasteiger partial charge is 0.259 e. The van der Waals surface area contributed by atoms with Crippen LogP contribution in [-0.2, 0) is 6.61 Å². The van der Waals surface area contributed by atoms with E-state index in [0.29, 0.717) is 35.1 Å². The summed E-state index contributed by atoms with van der Waals surface area (Å²) in [7, 11) is 0. The lowest BCUT2D eigenvalue weighted by atomic mass is 10.1. The van der Waals surface area contributed by atoms with Gasteiger partial charge >= 0.3 is 0 Å². The highest BCUT2D eigenvalue weighted by atomic mass is 16.5. The molecule has 0 atom stereocenters. The van der Waals surface area contributed by atoms with Crippen molar-refractivity contribution in [1.82, 2.24) is 0 Å². The fourth-order valence-corrected chi connectivity index (χ4v) is 3.84. The van der Waals surface area contributed by atoms with Gasteiger partial charge in [-0.25, -0.2) is 0 Å². The van der Waals surface area contributed by atoms with Crippen LogP contribution in [0, 0.1) is 0 Å². The lowest BCUT2D eigenvalue weighted by Crippen LogP contribution is -2.14. The summed E-state index contributed by atoms with van der Waals surface area (Å²) in [5.74, 6) is 1.45. The van der Waals surface area contributed by atoms with Crippen molar-refractivity contribution in [2.75, 3.05) is 5.32 Å². The molecule has 0 aromatic heterocycles. The monoisotopic (exact) mass is 471 g/mol. The first kappa shape index (κ1) is 22.9. The molecule has 0 heterocycles. The van der Waals surface area contributed by atoms with Gasteiger partial charge in [0, 0.05) is 5.69 Å². The molecule has 176 valence electrons. The van der Waals surface area contributed by atoms with Gasteiger partial charge in [-0.05, 0) is 59.2 Å². The fraction of sp³-hybridized carbons (Fsp3) is 0.0312. The molecule has 0 saturated heterocycles. The Kier molecular flexibility index (Phi) is 7.05. The van der Waals surface area contributed by atoms with Gasteiger partial charge in [0.05, 0.1) is 5.56 Å². The van der Waals surface area contributed by atoms with E-state index in [1.54, 1.807) is 18.2 Å². The number of carbonyl (C=O) groups is 1. The van der Waals surface area contributed by atoms with Crippen LogP contribution >= 0.6 is 0 Å². The van der Waals surface area contributed by atoms with Crippen LogP contribution in [0.4, 0.5) is 5.69 Å². The molecule has 0 radical (unpaired) electrons. The topological polar surface area (TPSA) is 47.6 Å². The third kappa shape index (κ3) is 5.80. The van der Waals surface area contributed by atoms with Crippen LogP contribution in [0.2, 0.25) is 0 Å². The highest BCUT2D eigenvalue weighted by Gasteiger charge is 2.16. The second-order valence-electron chi connectivity index (χ2n) is 8.25. The molecule has 0 saturated carbocycles. The average Bonchev–Trinajstić information content (AvgIpc) is 2.94. The molecule has 5 aromatic rings. The molecule has 5 aromatic carbocycles. The molecular weight excluding hydrogens is 446 g/mol. The van der Waals surface area contributed by atoms with Crippen molar-refractivity contribution >= 4 is 11.6 Å². The van der Waals surface area contributed by atoms with Crippen molar-refractivity contribution in [2.45, 2.75) is 6.61 Å². The molecule has 0 aliphatic carbocycles. The summed E-state index contributed by atoms with van der Waals surface area (Å²) in [6.45, 7) is 0.351. The predicted octanol–water partition coefficient (Wildman–Crippen LogP) is 7.98. The number of benzene rings is 5. The lowest BCUT2D eigenvalue weighted by molar-refractivity contribution is 0.102. The third-order valence-corrected chi connectivity index (χ3v) is 5.64. The summed E-state index contributed by atoms with van der Waals surface area (Å²) in [5.41, 5.74) is 4.21. The summed E-state index contributed by atoms with van der Waals surface area (Å²) in [6, 6.07) is 42.5. The molecule has 4 heteroatoms. The Bertz CT molecular complexity index is 1430. The van der Waals surface area contributed by atoms with Gasteiger partial charge in [0.1, 0.15) is 23.9 Å². The van der Waals surface area contributed by atoms with Crippen LogP contribution in [0.5, 0.6) is 17.2 Å². The molecule has 0 aliphatic rings. The zero-order valence-corrected chi connectivity index (χ0v) is 19.6. The van der Waals surface area contributed by atoms with Gasteiger partial charge in [-0.15, -0.1) is 0 Å². The first-order chi connectivity index (χ1) is 17.7. The van der Waals surface area contributed by atoms with Crippen LogP contribution in [0.3, 0.4) is 0 Å². The maximum Gasteiger partial charge on any atom is 0.259 e. The van der Waals surface area contributed by atoms with Crippen molar-refractivity contribution in [3.63, 3.8) is 0 Å². The normalized spacial score (nSPS) is 10.4. The molecule has 1 amide bonds. The van der Waals surface area contributed by atoms with E-state index in [1.807, 2.05) is 115 Å². The molecule has 1 N–H and O–H groups in total. The zero-order valence-electron chi connectivity index (χ0n) is 19.6. The third-order valence-electron chi connectivity index (χ3n) is 5.64. The SMILES string of the molecule is O=C(Nc1cccc(-c2ccccc2)c1)c1cc(Oc2ccccc2)ccc1OCc1ccccc1. The first-order valence-electron chi connectivity index (χ1n) is 11.8. The van der Waals surface area contributed by atoms with E-state index in [4.69, 9.17) is 9.47 Å². The van der Waals surface area contributed by atoms with Crippen molar-refractivity contribution in [3.8, 4) is 28.4 Å². The quantitative estimate of drug-likeness (QED) is 0.250. The Morgan fingerprint density at radius 3 is 2.03 bits per heavy atom. The van der Waals surface area contributed by atoms with Crippen LogP contribution in [0.25, 0.3) is 11.1 Å². The fourth-order valence-electron chi connectivity index (χ4n) is 3.84. The molecular formula is C32H25NO3. The average molecular weight is 472 g/mol. The van der Waals surface area contributed by atoms with E-state index < -0.39 is 0 Å². The highest BCUT2D eigenvalue weighted by molar-refractivity contribution is 6.06. The van der Waals surface area contributed by atoms with Gasteiger partial charge in [0.15, 0.2) is 0 Å². The number of hydrogen-bond acceptors (Lipinski definition) is 3. The molecule has 5 rings (SSSR count). The van der Waals surface area contributed by atoms with E-state index in [2.05, 4.69) is 5.32 Å². The number of nitrogens with one attached hydrogen (secondary N) is 1. The Morgan fingerprint density at radius 1 is 0.611 bits per heavy atom. The summed E-state index contributed by atoms with van der Waals surface area (Å²) in [4.78, 5) is 13.5. The van der Waals surface area contributed by atoms with Crippen molar-refractivity contribution < 1.29 is 14.3 Å². The summed E-state index contributed by atoms with van der Waals surface area (Å²) in [6.07, 6.45) is 0. The molecule has 36 heavy (non-hydrogen) atoms. The van der Waals surface area contributed by atoms with Gasteiger partial charge in [0.2, 0.25) is 0 Å². The number of amides is 1. The van der Waals surface area contributed by atoms with Crippen LogP contribution in [0.15, 0.2) is 133 Å². The van der Waals surface area contributed by atoms with Crippen LogP contribution in [-0.4, -0.2) is 5.91 Å². The maximum absolute atomic E-state index is 13.5. The minimum Gasteiger partial charge on any atom is -0.488 e. The highest BCUT2D eigenvalue weighted by Crippen LogP contribution is 2.30. The number of carbonyl (C=O) groups excluding carboxylic acids is 1. The predicted molar refractivity (Wildman–Crippen MR) is 144 cm³/mol. The van der Waals surface area contributed by atoms with Crippen molar-refractivity contribution in [1.29, 1.82) is 0 Å². The molecule has 0 spiro atoms. The number of hydrogen-bond donors (Lipinski definition) is 1. The van der Waals surface area contributed by atoms with Gasteiger partial charge < -0.3 is 14.8 Å². The van der Waals surface area contributed by atoms with E-state index in [-0.39, 0.29) is 5.91 Å². The van der Waals surface area contributed by atoms with Crippen LogP contribution in [0.1, 0.15) is 15.9 Å². The number of ether oxygens (including phenoxy) is 2. The second kappa shape index (κ2) is 11.1. The number of anilines is 1. The van der Waals surface area contributed by atoms with E-state index in [1.165, 1.54) is 0 Å². The molecule has 4 nitrogen and oxygen atoms in total. The van der Waals surface area contributed by atoms with Gasteiger partial charge in [0.25, 0.3) is 5.91 Å². The summed E-state index contributed by atoms with van der Waals surface area (Å²) >= 11 is 0. The zero-order chi connectivity index (χ0) is 24.6. The minimum absolute atomic E-state index is 0.276. The molecule has 0 fully saturated rings. The number of rotatable bonds is 8. The van der Waals surface area contributed by atoms with Gasteiger partial charge in [-0.2, -0.15) is 0 Å². The minimum atomic E-state index is -0.276. The maximum atomic E-state index is 13.5. The summed E-state index contributed by atoms with van der Waals surface area (Å²) in [5, 5.41) is 3.02. The van der Waals surface area contributed by atoms with Gasteiger partial charge in [-0.3, -0.25) is 4.79 Å². The second-order valence-corrected chi connectivity index (χ2v) is 8.25. The number of para-hydroxylation sites is 1. The van der Waals surface area contributed by atoms with Crippen molar-refractivity contribution in [2.24, 2.45) is 0 Å². The Morgan fingerprint density at radius 2 is 1.28 bits per heavy atom. The standard InChI is InChI=1S/C32H25NO3/c34-32(33-27-16-10-15-26(21-27)25-13-6-2-7-14-25)30-22-29(36-28-17-8-3-9-18-28)19-20-31(30)35-23-24-11-4-1-5-12-24/h1-22H,23H2,(H,33,34). The molecule has 0 unspecified atom stereocenters. The Balaban J connectivity index is 1.41. The van der Waals surface area contributed by atoms with Crippen LogP contribution < -0.4 is 14.8 Å². The van der Waals surface area contributed by atoms with Gasteiger partial charge in [-0.1, -0.05) is 91.0 Å². The van der Waals surface area contributed by atoms with E-state index in [9.17, 15) is 4.79 Å². The first-order valence-corrected chi connectivity index (χ1v) is 11.8. The molecule has 0 bridgehead atoms. The molecule has 0 aliphatic heterocycles. The van der Waals surface area contributed by atoms with E-state index >= 15 is 0 Å². The Labute approximate surface area is 210 Å². The van der Waals surface area contributed by atoms with E-state index in [0.717, 1.165) is 16.7 Å². The van der Waals surface area contributed by atoms with Crippen molar-refractivity contribution in [3.05, 3.63) is 145 Å². The Hall–Kier alpha value is -4.83. The largest absolute Gasteiger partial charge is 0.488 e.